The van der Waals surface area contributed by atoms with Crippen molar-refractivity contribution >= 4 is 21.9 Å². The van der Waals surface area contributed by atoms with E-state index in [4.69, 9.17) is 9.40 Å². The molecular weight excluding hydrogens is 354 g/mol. The van der Waals surface area contributed by atoms with Gasteiger partial charge in [-0.25, -0.2) is 4.98 Å². The van der Waals surface area contributed by atoms with Crippen LogP contribution in [0.3, 0.4) is 0 Å². The van der Waals surface area contributed by atoms with Crippen LogP contribution in [0.15, 0.2) is 77.2 Å². The van der Waals surface area contributed by atoms with E-state index in [0.717, 1.165) is 22.6 Å². The Morgan fingerprint density at radius 3 is 2.52 bits per heavy atom. The van der Waals surface area contributed by atoms with Crippen LogP contribution in [0.2, 0.25) is 0 Å². The Morgan fingerprint density at radius 2 is 1.62 bits per heavy atom. The molecule has 1 aliphatic rings. The Hall–Kier alpha value is -3.39. The third kappa shape index (κ3) is 2.20. The molecule has 0 fully saturated rings. The SMILES string of the molecule is Cc1ccc2nc(-c3cccc4c3C(C)(C)c3c-4oc4ccccc34)ccc2c1. The van der Waals surface area contributed by atoms with Gasteiger partial charge in [0, 0.05) is 32.9 Å². The zero-order chi connectivity index (χ0) is 19.8. The number of benzene rings is 3. The molecule has 6 rings (SSSR count). The number of nitrogens with zero attached hydrogens (tertiary/aromatic N) is 1. The highest BCUT2D eigenvalue weighted by atomic mass is 16.3. The van der Waals surface area contributed by atoms with Crippen molar-refractivity contribution in [2.24, 2.45) is 0 Å². The number of pyridine rings is 1. The number of aromatic nitrogens is 1. The maximum atomic E-state index is 6.33. The molecule has 0 bridgehead atoms. The summed E-state index contributed by atoms with van der Waals surface area (Å²) in [6, 6.07) is 25.6. The van der Waals surface area contributed by atoms with Crippen LogP contribution in [0.5, 0.6) is 0 Å². The molecule has 0 unspecified atom stereocenters. The van der Waals surface area contributed by atoms with Crippen LogP contribution in [0, 0.1) is 6.92 Å². The van der Waals surface area contributed by atoms with Crippen molar-refractivity contribution < 1.29 is 4.42 Å². The Labute approximate surface area is 169 Å². The number of hydrogen-bond acceptors (Lipinski definition) is 2. The second-order valence-electron chi connectivity index (χ2n) is 8.55. The molecule has 2 aromatic heterocycles. The second kappa shape index (κ2) is 5.57. The van der Waals surface area contributed by atoms with Crippen LogP contribution in [-0.2, 0) is 5.41 Å². The fourth-order valence-electron chi connectivity index (χ4n) is 5.00. The first-order chi connectivity index (χ1) is 14.0. The van der Waals surface area contributed by atoms with Gasteiger partial charge in [-0.1, -0.05) is 67.9 Å². The van der Waals surface area contributed by atoms with Gasteiger partial charge in [-0.15, -0.1) is 0 Å². The van der Waals surface area contributed by atoms with E-state index in [2.05, 4.69) is 87.5 Å². The molecule has 0 amide bonds. The fraction of sp³-hybridized carbons (Fsp3) is 0.148. The molecule has 0 saturated carbocycles. The molecule has 140 valence electrons. The highest BCUT2D eigenvalue weighted by Crippen LogP contribution is 2.55. The lowest BCUT2D eigenvalue weighted by atomic mass is 9.78. The molecule has 2 heterocycles. The predicted octanol–water partition coefficient (Wildman–Crippen LogP) is 7.26. The lowest BCUT2D eigenvalue weighted by molar-refractivity contribution is 0.619. The largest absolute Gasteiger partial charge is 0.456 e. The van der Waals surface area contributed by atoms with Crippen LogP contribution in [0.1, 0.15) is 30.5 Å². The average molecular weight is 375 g/mol. The first-order valence-electron chi connectivity index (χ1n) is 10.1. The topological polar surface area (TPSA) is 26.0 Å². The molecule has 29 heavy (non-hydrogen) atoms. The highest BCUT2D eigenvalue weighted by molar-refractivity contribution is 5.97. The zero-order valence-electron chi connectivity index (χ0n) is 16.8. The first kappa shape index (κ1) is 16.6. The van der Waals surface area contributed by atoms with E-state index in [1.165, 1.54) is 38.6 Å². The third-order valence-corrected chi connectivity index (χ3v) is 6.28. The predicted molar refractivity (Wildman–Crippen MR) is 119 cm³/mol. The van der Waals surface area contributed by atoms with Crippen molar-refractivity contribution in [3.8, 4) is 22.6 Å². The number of aryl methyl sites for hydroxylation is 1. The van der Waals surface area contributed by atoms with E-state index in [-0.39, 0.29) is 5.41 Å². The molecule has 0 saturated heterocycles. The van der Waals surface area contributed by atoms with Crippen LogP contribution in [0.25, 0.3) is 44.5 Å². The lowest BCUT2D eigenvalue weighted by Crippen LogP contribution is -2.16. The van der Waals surface area contributed by atoms with Gasteiger partial charge in [0.25, 0.3) is 0 Å². The van der Waals surface area contributed by atoms with Crippen LogP contribution >= 0.6 is 0 Å². The molecule has 3 aromatic carbocycles. The van der Waals surface area contributed by atoms with Gasteiger partial charge in [0.15, 0.2) is 0 Å². The lowest BCUT2D eigenvalue weighted by Gasteiger charge is -2.24. The average Bonchev–Trinajstić information content (AvgIpc) is 3.22. The van der Waals surface area contributed by atoms with E-state index in [1.807, 2.05) is 6.07 Å². The summed E-state index contributed by atoms with van der Waals surface area (Å²) in [4.78, 5) is 5.01. The summed E-state index contributed by atoms with van der Waals surface area (Å²) in [6.07, 6.45) is 0. The van der Waals surface area contributed by atoms with Gasteiger partial charge in [-0.3, -0.25) is 0 Å². The van der Waals surface area contributed by atoms with E-state index in [0.29, 0.717) is 0 Å². The van der Waals surface area contributed by atoms with Crippen molar-refractivity contribution in [3.05, 3.63) is 89.5 Å². The maximum Gasteiger partial charge on any atom is 0.139 e. The monoisotopic (exact) mass is 375 g/mol. The minimum absolute atomic E-state index is 0.155. The smallest absolute Gasteiger partial charge is 0.139 e. The van der Waals surface area contributed by atoms with Gasteiger partial charge >= 0.3 is 0 Å². The minimum Gasteiger partial charge on any atom is -0.456 e. The van der Waals surface area contributed by atoms with E-state index >= 15 is 0 Å². The fourth-order valence-corrected chi connectivity index (χ4v) is 5.00. The molecule has 0 atom stereocenters. The Balaban J connectivity index is 1.63. The number of hydrogen-bond donors (Lipinski definition) is 0. The van der Waals surface area contributed by atoms with Gasteiger partial charge in [0.1, 0.15) is 11.3 Å². The summed E-state index contributed by atoms with van der Waals surface area (Å²) >= 11 is 0. The van der Waals surface area contributed by atoms with Crippen molar-refractivity contribution in [2.75, 3.05) is 0 Å². The van der Waals surface area contributed by atoms with Crippen molar-refractivity contribution in [3.63, 3.8) is 0 Å². The van der Waals surface area contributed by atoms with Gasteiger partial charge in [-0.05, 0) is 36.8 Å². The number of rotatable bonds is 1. The Kier molecular flexibility index (Phi) is 3.18. The summed E-state index contributed by atoms with van der Waals surface area (Å²) in [5.74, 6) is 1.00. The van der Waals surface area contributed by atoms with Gasteiger partial charge in [-0.2, -0.15) is 0 Å². The summed E-state index contributed by atoms with van der Waals surface area (Å²) in [6.45, 7) is 6.71. The Morgan fingerprint density at radius 1 is 0.793 bits per heavy atom. The minimum atomic E-state index is -0.155. The van der Waals surface area contributed by atoms with Crippen LogP contribution in [-0.4, -0.2) is 4.98 Å². The summed E-state index contributed by atoms with van der Waals surface area (Å²) < 4.78 is 6.33. The molecule has 0 aliphatic heterocycles. The molecule has 0 N–H and O–H groups in total. The molecule has 2 nitrogen and oxygen atoms in total. The van der Waals surface area contributed by atoms with Gasteiger partial charge in [0.2, 0.25) is 0 Å². The molecule has 2 heteroatoms. The standard InChI is InChI=1S/C27H21NO/c1-16-11-13-21-17(15-16)12-14-22(28-21)18-8-6-9-20-24(18)27(2,3)25-19-7-4-5-10-23(19)29-26(20)25/h4-15H,1-3H3. The summed E-state index contributed by atoms with van der Waals surface area (Å²) in [5, 5.41) is 2.38. The normalized spacial score (nSPS) is 14.3. The quantitative estimate of drug-likeness (QED) is 0.308. The van der Waals surface area contributed by atoms with E-state index < -0.39 is 0 Å². The van der Waals surface area contributed by atoms with Gasteiger partial charge in [0.05, 0.1) is 11.2 Å². The second-order valence-corrected chi connectivity index (χ2v) is 8.55. The molecule has 0 spiro atoms. The molecule has 5 aromatic rings. The van der Waals surface area contributed by atoms with Crippen LogP contribution in [0.4, 0.5) is 0 Å². The molecule has 1 aliphatic carbocycles. The molecule has 0 radical (unpaired) electrons. The summed E-state index contributed by atoms with van der Waals surface area (Å²) in [7, 11) is 0. The van der Waals surface area contributed by atoms with Crippen molar-refractivity contribution in [1.29, 1.82) is 0 Å². The number of para-hydroxylation sites is 1. The van der Waals surface area contributed by atoms with E-state index in [9.17, 15) is 0 Å². The third-order valence-electron chi connectivity index (χ3n) is 6.28. The highest BCUT2D eigenvalue weighted by Gasteiger charge is 2.42. The van der Waals surface area contributed by atoms with Crippen LogP contribution < -0.4 is 0 Å². The summed E-state index contributed by atoms with van der Waals surface area (Å²) in [5.41, 5.74) is 9.06. The Bertz CT molecular complexity index is 1440. The van der Waals surface area contributed by atoms with E-state index in [1.54, 1.807) is 0 Å². The first-order valence-corrected chi connectivity index (χ1v) is 10.1. The number of fused-ring (bicyclic) bond motifs is 6. The number of furan rings is 1. The maximum absolute atomic E-state index is 6.33. The van der Waals surface area contributed by atoms with Crippen molar-refractivity contribution in [2.45, 2.75) is 26.2 Å². The van der Waals surface area contributed by atoms with Gasteiger partial charge < -0.3 is 4.42 Å². The zero-order valence-corrected chi connectivity index (χ0v) is 16.8. The molecular formula is C27H21NO. The van der Waals surface area contributed by atoms with Crippen molar-refractivity contribution in [1.82, 2.24) is 4.98 Å².